The number of rotatable bonds is 3. The van der Waals surface area contributed by atoms with E-state index in [0.717, 1.165) is 12.0 Å². The molecule has 0 fully saturated rings. The van der Waals surface area contributed by atoms with Crippen molar-refractivity contribution >= 4 is 5.76 Å². The Morgan fingerprint density at radius 1 is 1.54 bits per heavy atom. The molecular formula is C11H14O2. The van der Waals surface area contributed by atoms with E-state index in [2.05, 4.69) is 13.5 Å². The summed E-state index contributed by atoms with van der Waals surface area (Å²) in [6.45, 7) is 5.55. The summed E-state index contributed by atoms with van der Waals surface area (Å²) >= 11 is 0. The second-order valence-electron chi connectivity index (χ2n) is 2.83. The zero-order valence-corrected chi connectivity index (χ0v) is 8.00. The monoisotopic (exact) mass is 178 g/mol. The molecule has 0 radical (unpaired) electrons. The fourth-order valence-electron chi connectivity index (χ4n) is 1.20. The molecule has 70 valence electrons. The van der Waals surface area contributed by atoms with Crippen molar-refractivity contribution in [2.45, 2.75) is 13.3 Å². The van der Waals surface area contributed by atoms with Crippen LogP contribution in [-0.2, 0) is 6.42 Å². The molecule has 2 nitrogen and oxygen atoms in total. The number of methoxy groups -OCH3 is 1. The molecule has 0 aromatic heterocycles. The molecule has 0 amide bonds. The second-order valence-corrected chi connectivity index (χ2v) is 2.83. The van der Waals surface area contributed by atoms with Crippen molar-refractivity contribution in [3.63, 3.8) is 0 Å². The standard InChI is InChI=1S/C11H14O2/c1-4-9-5-6-11(13-3)10(7-9)8(2)12/h5-7,12H,2,4H2,1,3H3. The molecule has 1 N–H and O–H groups in total. The van der Waals surface area contributed by atoms with Gasteiger partial charge in [-0.2, -0.15) is 0 Å². The minimum Gasteiger partial charge on any atom is -0.508 e. The third-order valence-electron chi connectivity index (χ3n) is 1.98. The number of aryl methyl sites for hydroxylation is 1. The highest BCUT2D eigenvalue weighted by atomic mass is 16.5. The molecule has 0 spiro atoms. The molecular weight excluding hydrogens is 164 g/mol. The highest BCUT2D eigenvalue weighted by Gasteiger charge is 2.05. The van der Waals surface area contributed by atoms with E-state index in [0.29, 0.717) is 11.3 Å². The average molecular weight is 178 g/mol. The highest BCUT2D eigenvalue weighted by molar-refractivity contribution is 5.63. The van der Waals surface area contributed by atoms with Crippen molar-refractivity contribution in [3.8, 4) is 5.75 Å². The Bertz CT molecular complexity index is 316. The number of aliphatic hydroxyl groups excluding tert-OH is 1. The van der Waals surface area contributed by atoms with Gasteiger partial charge in [-0.15, -0.1) is 0 Å². The van der Waals surface area contributed by atoms with Gasteiger partial charge in [-0.25, -0.2) is 0 Å². The smallest absolute Gasteiger partial charge is 0.129 e. The summed E-state index contributed by atoms with van der Waals surface area (Å²) in [5.74, 6) is 0.705. The van der Waals surface area contributed by atoms with Gasteiger partial charge in [0.2, 0.25) is 0 Å². The van der Waals surface area contributed by atoms with Crippen LogP contribution < -0.4 is 4.74 Å². The van der Waals surface area contributed by atoms with Gasteiger partial charge in [0.1, 0.15) is 11.5 Å². The van der Waals surface area contributed by atoms with Crippen molar-refractivity contribution in [1.29, 1.82) is 0 Å². The molecule has 13 heavy (non-hydrogen) atoms. The lowest BCUT2D eigenvalue weighted by molar-refractivity contribution is 0.408. The van der Waals surface area contributed by atoms with Crippen molar-refractivity contribution in [1.82, 2.24) is 0 Å². The van der Waals surface area contributed by atoms with E-state index in [-0.39, 0.29) is 5.76 Å². The van der Waals surface area contributed by atoms with Crippen LogP contribution in [0.3, 0.4) is 0 Å². The first kappa shape index (κ1) is 9.65. The first-order valence-electron chi connectivity index (χ1n) is 4.24. The van der Waals surface area contributed by atoms with Crippen LogP contribution in [0.25, 0.3) is 5.76 Å². The van der Waals surface area contributed by atoms with Crippen LogP contribution in [0.4, 0.5) is 0 Å². The van der Waals surface area contributed by atoms with E-state index < -0.39 is 0 Å². The zero-order valence-electron chi connectivity index (χ0n) is 8.00. The lowest BCUT2D eigenvalue weighted by Crippen LogP contribution is -1.92. The molecule has 0 aliphatic heterocycles. The summed E-state index contributed by atoms with van der Waals surface area (Å²) in [5.41, 5.74) is 1.83. The van der Waals surface area contributed by atoms with Gasteiger partial charge in [-0.05, 0) is 24.1 Å². The lowest BCUT2D eigenvalue weighted by atomic mass is 10.1. The maximum atomic E-state index is 9.28. The van der Waals surface area contributed by atoms with E-state index in [1.165, 1.54) is 0 Å². The van der Waals surface area contributed by atoms with E-state index in [4.69, 9.17) is 4.74 Å². The first-order chi connectivity index (χ1) is 6.19. The first-order valence-corrected chi connectivity index (χ1v) is 4.24. The van der Waals surface area contributed by atoms with Gasteiger partial charge >= 0.3 is 0 Å². The summed E-state index contributed by atoms with van der Waals surface area (Å²) in [6.07, 6.45) is 0.935. The molecule has 0 bridgehead atoms. The van der Waals surface area contributed by atoms with Crippen LogP contribution in [0.5, 0.6) is 5.75 Å². The molecule has 1 rings (SSSR count). The summed E-state index contributed by atoms with van der Waals surface area (Å²) < 4.78 is 5.09. The number of benzene rings is 1. The van der Waals surface area contributed by atoms with E-state index >= 15 is 0 Å². The Hall–Kier alpha value is -1.44. The second kappa shape index (κ2) is 3.99. The minimum atomic E-state index is 0.0483. The summed E-state index contributed by atoms with van der Waals surface area (Å²) in [4.78, 5) is 0. The third-order valence-corrected chi connectivity index (χ3v) is 1.98. The molecule has 0 heterocycles. The van der Waals surface area contributed by atoms with E-state index in [9.17, 15) is 5.11 Å². The van der Waals surface area contributed by atoms with Crippen LogP contribution in [-0.4, -0.2) is 12.2 Å². The van der Waals surface area contributed by atoms with Crippen LogP contribution in [0.15, 0.2) is 24.8 Å². The topological polar surface area (TPSA) is 29.5 Å². The largest absolute Gasteiger partial charge is 0.508 e. The quantitative estimate of drug-likeness (QED) is 0.721. The Labute approximate surface area is 78.5 Å². The highest BCUT2D eigenvalue weighted by Crippen LogP contribution is 2.24. The van der Waals surface area contributed by atoms with Crippen molar-refractivity contribution in [3.05, 3.63) is 35.9 Å². The summed E-state index contributed by atoms with van der Waals surface area (Å²) in [5, 5.41) is 9.28. The van der Waals surface area contributed by atoms with Gasteiger partial charge in [-0.3, -0.25) is 0 Å². The van der Waals surface area contributed by atoms with Crippen LogP contribution in [0, 0.1) is 0 Å². The molecule has 0 aliphatic rings. The van der Waals surface area contributed by atoms with Crippen LogP contribution in [0.2, 0.25) is 0 Å². The number of ether oxygens (including phenoxy) is 1. The van der Waals surface area contributed by atoms with Crippen molar-refractivity contribution in [2.24, 2.45) is 0 Å². The number of aliphatic hydroxyl groups is 1. The molecule has 0 aliphatic carbocycles. The van der Waals surface area contributed by atoms with Crippen LogP contribution >= 0.6 is 0 Å². The molecule has 1 aromatic rings. The van der Waals surface area contributed by atoms with E-state index in [1.54, 1.807) is 7.11 Å². The summed E-state index contributed by atoms with van der Waals surface area (Å²) in [7, 11) is 1.58. The van der Waals surface area contributed by atoms with Gasteiger partial charge in [-0.1, -0.05) is 19.6 Å². The van der Waals surface area contributed by atoms with Gasteiger partial charge in [0.15, 0.2) is 0 Å². The van der Waals surface area contributed by atoms with Gasteiger partial charge in [0.25, 0.3) is 0 Å². The average Bonchev–Trinajstić information content (AvgIpc) is 2.16. The van der Waals surface area contributed by atoms with Crippen molar-refractivity contribution < 1.29 is 9.84 Å². The number of hydrogen-bond donors (Lipinski definition) is 1. The SMILES string of the molecule is C=C(O)c1cc(CC)ccc1OC. The molecule has 0 saturated carbocycles. The molecule has 0 saturated heterocycles. The Morgan fingerprint density at radius 2 is 2.23 bits per heavy atom. The lowest BCUT2D eigenvalue weighted by Gasteiger charge is -2.08. The predicted octanol–water partition coefficient (Wildman–Crippen LogP) is 2.79. The third kappa shape index (κ3) is 2.02. The van der Waals surface area contributed by atoms with Crippen molar-refractivity contribution in [2.75, 3.05) is 7.11 Å². The molecule has 0 atom stereocenters. The minimum absolute atomic E-state index is 0.0483. The van der Waals surface area contributed by atoms with Gasteiger partial charge < -0.3 is 9.84 Å². The molecule has 2 heteroatoms. The fraction of sp³-hybridized carbons (Fsp3) is 0.273. The maximum absolute atomic E-state index is 9.28. The maximum Gasteiger partial charge on any atom is 0.129 e. The normalized spacial score (nSPS) is 9.69. The fourth-order valence-corrected chi connectivity index (χ4v) is 1.20. The van der Waals surface area contributed by atoms with E-state index in [1.807, 2.05) is 18.2 Å². The van der Waals surface area contributed by atoms with Gasteiger partial charge in [0.05, 0.1) is 12.7 Å². The molecule has 0 unspecified atom stereocenters. The van der Waals surface area contributed by atoms with Crippen LogP contribution in [0.1, 0.15) is 18.1 Å². The number of hydrogen-bond acceptors (Lipinski definition) is 2. The summed E-state index contributed by atoms with van der Waals surface area (Å²) in [6, 6.07) is 5.71. The predicted molar refractivity (Wildman–Crippen MR) is 54.0 cm³/mol. The Morgan fingerprint density at radius 3 is 2.69 bits per heavy atom. The Kier molecular flexibility index (Phi) is 2.96. The Balaban J connectivity index is 3.18. The zero-order chi connectivity index (χ0) is 9.84. The van der Waals surface area contributed by atoms with Gasteiger partial charge in [0, 0.05) is 0 Å². The molecule has 1 aromatic carbocycles.